The third kappa shape index (κ3) is 3.81. The molecule has 1 aliphatic rings. The zero-order chi connectivity index (χ0) is 23.1. The highest BCUT2D eigenvalue weighted by atomic mass is 32.1. The van der Waals surface area contributed by atoms with Crippen LogP contribution in [0.25, 0.3) is 15.8 Å². The van der Waals surface area contributed by atoms with Crippen LogP contribution in [0.3, 0.4) is 0 Å². The number of para-hydroxylation sites is 1. The van der Waals surface area contributed by atoms with Crippen LogP contribution in [-0.2, 0) is 0 Å². The summed E-state index contributed by atoms with van der Waals surface area (Å²) < 4.78 is 0.994. The maximum Gasteiger partial charge on any atom is 0.255 e. The molecule has 1 amide bonds. The molecule has 33 heavy (non-hydrogen) atoms. The summed E-state index contributed by atoms with van der Waals surface area (Å²) >= 11 is 1.44. The molecule has 4 N–H and O–H groups in total. The molecule has 0 saturated carbocycles. The molecule has 7 nitrogen and oxygen atoms in total. The summed E-state index contributed by atoms with van der Waals surface area (Å²) in [5.41, 5.74) is 3.58. The number of phenolic OH excluding ortho intramolecular Hbond substituents is 1. The summed E-state index contributed by atoms with van der Waals surface area (Å²) in [6.07, 6.45) is 0. The first-order valence-corrected chi connectivity index (χ1v) is 11.1. The van der Waals surface area contributed by atoms with Crippen LogP contribution in [-0.4, -0.2) is 33.5 Å². The lowest BCUT2D eigenvalue weighted by molar-refractivity contribution is 0.102. The van der Waals surface area contributed by atoms with Crippen molar-refractivity contribution >= 4 is 50.2 Å². The Kier molecular flexibility index (Phi) is 5.07. The van der Waals surface area contributed by atoms with Crippen LogP contribution >= 0.6 is 11.3 Å². The molecular formula is C25H20N4O3S. The standard InChI is InChI=1S/C25H20N4O3S/c1-14-6-11-17(19(30)12-14)27-24(32)15-7-9-16(10-8-15)29-13-20(31)22(23(29)26)25-28-18-4-2-3-5-21(18)33-25/h2-12,26,30-31H,13H2,1H3,(H,27,32). The summed E-state index contributed by atoms with van der Waals surface area (Å²) in [4.78, 5) is 18.8. The zero-order valence-electron chi connectivity index (χ0n) is 17.7. The molecule has 0 bridgehead atoms. The maximum absolute atomic E-state index is 12.6. The summed E-state index contributed by atoms with van der Waals surface area (Å²) in [7, 11) is 0. The van der Waals surface area contributed by atoms with Gasteiger partial charge in [0.1, 0.15) is 22.4 Å². The number of benzene rings is 3. The molecule has 3 aromatic carbocycles. The normalized spacial score (nSPS) is 13.7. The van der Waals surface area contributed by atoms with Gasteiger partial charge in [0, 0.05) is 11.3 Å². The number of carbonyl (C=O) groups excluding carboxylic acids is 1. The van der Waals surface area contributed by atoms with Gasteiger partial charge < -0.3 is 20.4 Å². The van der Waals surface area contributed by atoms with E-state index in [0.29, 0.717) is 27.5 Å². The van der Waals surface area contributed by atoms with Crippen molar-refractivity contribution in [3.63, 3.8) is 0 Å². The van der Waals surface area contributed by atoms with Gasteiger partial charge in [-0.05, 0) is 61.0 Å². The van der Waals surface area contributed by atoms with E-state index >= 15 is 0 Å². The van der Waals surface area contributed by atoms with E-state index in [0.717, 1.165) is 15.8 Å². The van der Waals surface area contributed by atoms with Gasteiger partial charge in [0.25, 0.3) is 5.91 Å². The van der Waals surface area contributed by atoms with Crippen molar-refractivity contribution in [3.05, 3.63) is 88.6 Å². The second-order valence-electron chi connectivity index (χ2n) is 7.76. The number of aromatic nitrogens is 1. The van der Waals surface area contributed by atoms with Crippen LogP contribution in [0.4, 0.5) is 11.4 Å². The number of anilines is 2. The molecule has 1 aromatic heterocycles. The number of aryl methyl sites for hydroxylation is 1. The Morgan fingerprint density at radius 1 is 1.09 bits per heavy atom. The first kappa shape index (κ1) is 20.7. The number of nitrogens with one attached hydrogen (secondary N) is 2. The molecule has 4 aromatic rings. The van der Waals surface area contributed by atoms with Crippen LogP contribution in [0.1, 0.15) is 20.9 Å². The van der Waals surface area contributed by atoms with E-state index in [4.69, 9.17) is 5.41 Å². The number of phenols is 1. The van der Waals surface area contributed by atoms with Crippen molar-refractivity contribution in [3.8, 4) is 5.75 Å². The fourth-order valence-corrected chi connectivity index (χ4v) is 4.77. The quantitative estimate of drug-likeness (QED) is 0.310. The zero-order valence-corrected chi connectivity index (χ0v) is 18.5. The number of amides is 1. The Morgan fingerprint density at radius 2 is 1.85 bits per heavy atom. The lowest BCUT2D eigenvalue weighted by Crippen LogP contribution is -2.26. The number of nitrogens with zero attached hydrogens (tertiary/aromatic N) is 2. The van der Waals surface area contributed by atoms with Crippen molar-refractivity contribution in [2.24, 2.45) is 0 Å². The van der Waals surface area contributed by atoms with Crippen LogP contribution in [0, 0.1) is 12.3 Å². The Hall–Kier alpha value is -4.17. The van der Waals surface area contributed by atoms with Crippen molar-refractivity contribution in [2.75, 3.05) is 16.8 Å². The Labute approximate surface area is 193 Å². The fraction of sp³-hybridized carbons (Fsp3) is 0.0800. The molecule has 0 atom stereocenters. The lowest BCUT2D eigenvalue weighted by Gasteiger charge is -2.19. The molecule has 0 radical (unpaired) electrons. The SMILES string of the molecule is Cc1ccc(NC(=O)c2ccc(N3CC(O)=C(c4nc5ccccc5s4)C3=N)cc2)c(O)c1. The number of amidine groups is 1. The number of hydrogen-bond donors (Lipinski definition) is 4. The molecule has 164 valence electrons. The van der Waals surface area contributed by atoms with E-state index in [1.54, 1.807) is 47.4 Å². The van der Waals surface area contributed by atoms with E-state index in [-0.39, 0.29) is 29.8 Å². The first-order chi connectivity index (χ1) is 15.9. The van der Waals surface area contributed by atoms with Crippen LogP contribution in [0.15, 0.2) is 72.5 Å². The first-order valence-electron chi connectivity index (χ1n) is 10.3. The third-order valence-corrected chi connectivity index (χ3v) is 6.51. The van der Waals surface area contributed by atoms with E-state index < -0.39 is 0 Å². The van der Waals surface area contributed by atoms with Gasteiger partial charge >= 0.3 is 0 Å². The van der Waals surface area contributed by atoms with Crippen molar-refractivity contribution in [2.45, 2.75) is 6.92 Å². The smallest absolute Gasteiger partial charge is 0.255 e. The number of carbonyl (C=O) groups is 1. The third-order valence-electron chi connectivity index (χ3n) is 5.45. The number of aliphatic hydroxyl groups excluding tert-OH is 1. The summed E-state index contributed by atoms with van der Waals surface area (Å²) in [5.74, 6) is -0.0909. The van der Waals surface area contributed by atoms with Gasteiger partial charge in [-0.2, -0.15) is 0 Å². The minimum absolute atomic E-state index is 0.00871. The second-order valence-corrected chi connectivity index (χ2v) is 8.80. The van der Waals surface area contributed by atoms with Gasteiger partial charge in [0.2, 0.25) is 0 Å². The predicted molar refractivity (Wildman–Crippen MR) is 131 cm³/mol. The molecule has 8 heteroatoms. The minimum Gasteiger partial charge on any atom is -0.510 e. The predicted octanol–water partition coefficient (Wildman–Crippen LogP) is 5.33. The summed E-state index contributed by atoms with van der Waals surface area (Å²) in [5, 5.41) is 32.6. The number of aromatic hydroxyl groups is 1. The van der Waals surface area contributed by atoms with Gasteiger partial charge in [-0.1, -0.05) is 18.2 Å². The molecule has 0 saturated heterocycles. The molecule has 2 heterocycles. The highest BCUT2D eigenvalue weighted by Crippen LogP contribution is 2.35. The second kappa shape index (κ2) is 8.07. The molecule has 0 aliphatic carbocycles. The van der Waals surface area contributed by atoms with Crippen LogP contribution in [0.5, 0.6) is 5.75 Å². The van der Waals surface area contributed by atoms with Crippen molar-refractivity contribution in [1.29, 1.82) is 5.41 Å². The molecule has 0 fully saturated rings. The molecule has 5 rings (SSSR count). The van der Waals surface area contributed by atoms with Crippen molar-refractivity contribution < 1.29 is 15.0 Å². The Balaban J connectivity index is 1.34. The van der Waals surface area contributed by atoms with Gasteiger partial charge in [0.15, 0.2) is 0 Å². The number of hydrogen-bond acceptors (Lipinski definition) is 6. The molecule has 0 spiro atoms. The summed E-state index contributed by atoms with van der Waals surface area (Å²) in [6.45, 7) is 2.02. The largest absolute Gasteiger partial charge is 0.510 e. The molecule has 0 unspecified atom stereocenters. The van der Waals surface area contributed by atoms with Gasteiger partial charge in [-0.25, -0.2) is 4.98 Å². The lowest BCUT2D eigenvalue weighted by atomic mass is 10.1. The van der Waals surface area contributed by atoms with E-state index in [2.05, 4.69) is 10.3 Å². The highest BCUT2D eigenvalue weighted by molar-refractivity contribution is 7.19. The fourth-order valence-electron chi connectivity index (χ4n) is 3.74. The average Bonchev–Trinajstić information content (AvgIpc) is 3.35. The van der Waals surface area contributed by atoms with E-state index in [9.17, 15) is 15.0 Å². The number of thiazole rings is 1. The minimum atomic E-state index is -0.353. The molecule has 1 aliphatic heterocycles. The van der Waals surface area contributed by atoms with E-state index in [1.807, 2.05) is 31.2 Å². The monoisotopic (exact) mass is 456 g/mol. The highest BCUT2D eigenvalue weighted by Gasteiger charge is 2.31. The number of aliphatic hydroxyl groups is 1. The Morgan fingerprint density at radius 3 is 2.58 bits per heavy atom. The van der Waals surface area contributed by atoms with Crippen molar-refractivity contribution in [1.82, 2.24) is 4.98 Å². The van der Waals surface area contributed by atoms with Crippen LogP contribution < -0.4 is 10.2 Å². The molecular weight excluding hydrogens is 436 g/mol. The topological polar surface area (TPSA) is 110 Å². The summed E-state index contributed by atoms with van der Waals surface area (Å²) in [6, 6.07) is 19.5. The van der Waals surface area contributed by atoms with Gasteiger partial charge in [-0.3, -0.25) is 10.2 Å². The van der Waals surface area contributed by atoms with E-state index in [1.165, 1.54) is 11.3 Å². The number of fused-ring (bicyclic) bond motifs is 1. The van der Waals surface area contributed by atoms with Gasteiger partial charge in [-0.15, -0.1) is 11.3 Å². The van der Waals surface area contributed by atoms with Crippen LogP contribution in [0.2, 0.25) is 0 Å². The van der Waals surface area contributed by atoms with Gasteiger partial charge in [0.05, 0.1) is 28.0 Å². The maximum atomic E-state index is 12.6. The average molecular weight is 457 g/mol. The number of rotatable bonds is 4. The Bertz CT molecular complexity index is 1410.